The van der Waals surface area contributed by atoms with Gasteiger partial charge in [0.1, 0.15) is 11.6 Å². The Labute approximate surface area is 121 Å². The van der Waals surface area contributed by atoms with Crippen LogP contribution in [0.2, 0.25) is 0 Å². The average molecular weight is 324 g/mol. The highest BCUT2D eigenvalue weighted by atomic mass is 79.9. The molecule has 0 spiro atoms. The van der Waals surface area contributed by atoms with E-state index in [4.69, 9.17) is 4.74 Å². The van der Waals surface area contributed by atoms with Gasteiger partial charge in [-0.05, 0) is 47.6 Å². The second-order valence-electron chi connectivity index (χ2n) is 4.38. The molecule has 0 saturated carbocycles. The summed E-state index contributed by atoms with van der Waals surface area (Å²) in [5.74, 6) is 1.87. The van der Waals surface area contributed by atoms with Gasteiger partial charge >= 0.3 is 0 Å². The molecule has 0 aliphatic carbocycles. The van der Waals surface area contributed by atoms with Gasteiger partial charge in [-0.3, -0.25) is 0 Å². The van der Waals surface area contributed by atoms with E-state index in [1.807, 2.05) is 26.2 Å². The Hall–Kier alpha value is -1.33. The third-order valence-corrected chi connectivity index (χ3v) is 3.67. The van der Waals surface area contributed by atoms with Crippen LogP contribution in [0.1, 0.15) is 17.1 Å². The van der Waals surface area contributed by atoms with E-state index in [0.717, 1.165) is 29.1 Å². The van der Waals surface area contributed by atoms with E-state index >= 15 is 0 Å². The SMILES string of the molecule is CNCc1cnc(C)n1Cc1ccc(OC)c(Br)c1. The lowest BCUT2D eigenvalue weighted by Crippen LogP contribution is -2.13. The van der Waals surface area contributed by atoms with Crippen LogP contribution in [0.3, 0.4) is 0 Å². The third kappa shape index (κ3) is 3.16. The van der Waals surface area contributed by atoms with Crippen LogP contribution in [-0.4, -0.2) is 23.7 Å². The Kier molecular flexibility index (Phi) is 4.61. The number of nitrogens with one attached hydrogen (secondary N) is 1. The van der Waals surface area contributed by atoms with Crippen molar-refractivity contribution in [2.75, 3.05) is 14.2 Å². The minimum absolute atomic E-state index is 0.811. The standard InChI is InChI=1S/C14H18BrN3O/c1-10-17-8-12(7-16-2)18(10)9-11-4-5-14(19-3)13(15)6-11/h4-6,8,16H,7,9H2,1-3H3. The first-order chi connectivity index (χ1) is 9.15. The van der Waals surface area contributed by atoms with Crippen LogP contribution in [0, 0.1) is 6.92 Å². The normalized spacial score (nSPS) is 10.7. The number of hydrogen-bond donors (Lipinski definition) is 1. The van der Waals surface area contributed by atoms with E-state index in [-0.39, 0.29) is 0 Å². The lowest BCUT2D eigenvalue weighted by atomic mass is 10.2. The van der Waals surface area contributed by atoms with E-state index in [2.05, 4.69) is 42.9 Å². The van der Waals surface area contributed by atoms with Gasteiger partial charge in [-0.2, -0.15) is 0 Å². The quantitative estimate of drug-likeness (QED) is 0.919. The van der Waals surface area contributed by atoms with Crippen LogP contribution in [0.4, 0.5) is 0 Å². The summed E-state index contributed by atoms with van der Waals surface area (Å²) in [7, 11) is 3.61. The molecule has 0 aliphatic rings. The number of ether oxygens (including phenoxy) is 1. The van der Waals surface area contributed by atoms with Gasteiger partial charge in [-0.1, -0.05) is 6.07 Å². The average Bonchev–Trinajstić information content (AvgIpc) is 2.72. The van der Waals surface area contributed by atoms with Crippen molar-refractivity contribution in [1.29, 1.82) is 0 Å². The summed E-state index contributed by atoms with van der Waals surface area (Å²) in [6, 6.07) is 6.14. The maximum absolute atomic E-state index is 5.25. The summed E-state index contributed by atoms with van der Waals surface area (Å²) in [5, 5.41) is 3.16. The highest BCUT2D eigenvalue weighted by molar-refractivity contribution is 9.10. The number of benzene rings is 1. The zero-order chi connectivity index (χ0) is 13.8. The van der Waals surface area contributed by atoms with E-state index in [1.54, 1.807) is 7.11 Å². The summed E-state index contributed by atoms with van der Waals surface area (Å²) in [4.78, 5) is 4.37. The number of nitrogens with zero attached hydrogens (tertiary/aromatic N) is 2. The summed E-state index contributed by atoms with van der Waals surface area (Å²) in [6.45, 7) is 3.65. The Morgan fingerprint density at radius 2 is 2.21 bits per heavy atom. The van der Waals surface area contributed by atoms with Gasteiger partial charge in [0.15, 0.2) is 0 Å². The van der Waals surface area contributed by atoms with Crippen molar-refractivity contribution in [1.82, 2.24) is 14.9 Å². The number of methoxy groups -OCH3 is 1. The summed E-state index contributed by atoms with van der Waals surface area (Å²) < 4.78 is 8.43. The van der Waals surface area contributed by atoms with E-state index < -0.39 is 0 Å². The highest BCUT2D eigenvalue weighted by Crippen LogP contribution is 2.26. The number of aromatic nitrogens is 2. The van der Waals surface area contributed by atoms with Crippen molar-refractivity contribution in [2.24, 2.45) is 0 Å². The minimum atomic E-state index is 0.811. The van der Waals surface area contributed by atoms with Crippen molar-refractivity contribution in [3.05, 3.63) is 46.0 Å². The molecule has 19 heavy (non-hydrogen) atoms. The first-order valence-corrected chi connectivity index (χ1v) is 6.93. The first kappa shape index (κ1) is 14.1. The van der Waals surface area contributed by atoms with Gasteiger partial charge in [0.2, 0.25) is 0 Å². The number of hydrogen-bond acceptors (Lipinski definition) is 3. The molecule has 1 N–H and O–H groups in total. The van der Waals surface area contributed by atoms with E-state index in [1.165, 1.54) is 11.3 Å². The highest BCUT2D eigenvalue weighted by Gasteiger charge is 2.08. The number of rotatable bonds is 5. The molecule has 0 bridgehead atoms. The Morgan fingerprint density at radius 3 is 2.84 bits per heavy atom. The summed E-state index contributed by atoms with van der Waals surface area (Å²) in [5.41, 5.74) is 2.40. The van der Waals surface area contributed by atoms with Crippen LogP contribution >= 0.6 is 15.9 Å². The second-order valence-corrected chi connectivity index (χ2v) is 5.24. The fourth-order valence-electron chi connectivity index (χ4n) is 2.04. The first-order valence-electron chi connectivity index (χ1n) is 6.13. The fraction of sp³-hybridized carbons (Fsp3) is 0.357. The summed E-state index contributed by atoms with van der Waals surface area (Å²) in [6.07, 6.45) is 1.92. The maximum atomic E-state index is 5.25. The zero-order valence-corrected chi connectivity index (χ0v) is 13.0. The number of halogens is 1. The third-order valence-electron chi connectivity index (χ3n) is 3.05. The molecule has 0 radical (unpaired) electrons. The van der Waals surface area contributed by atoms with Crippen LogP contribution in [0.15, 0.2) is 28.9 Å². The summed E-state index contributed by atoms with van der Waals surface area (Å²) >= 11 is 3.52. The smallest absolute Gasteiger partial charge is 0.133 e. The predicted molar refractivity (Wildman–Crippen MR) is 79.5 cm³/mol. The van der Waals surface area contributed by atoms with Gasteiger partial charge in [-0.15, -0.1) is 0 Å². The van der Waals surface area contributed by atoms with E-state index in [9.17, 15) is 0 Å². The molecule has 0 aliphatic heterocycles. The molecule has 0 unspecified atom stereocenters. The Morgan fingerprint density at radius 1 is 1.42 bits per heavy atom. The molecule has 4 nitrogen and oxygen atoms in total. The second kappa shape index (κ2) is 6.21. The molecule has 2 rings (SSSR count). The molecule has 2 aromatic rings. The predicted octanol–water partition coefficient (Wildman–Crippen LogP) is 2.73. The van der Waals surface area contributed by atoms with Gasteiger partial charge < -0.3 is 14.6 Å². The van der Waals surface area contributed by atoms with Crippen LogP contribution in [-0.2, 0) is 13.1 Å². The van der Waals surface area contributed by atoms with Crippen LogP contribution in [0.25, 0.3) is 0 Å². The molecule has 0 fully saturated rings. The van der Waals surface area contributed by atoms with Crippen molar-refractivity contribution in [3.63, 3.8) is 0 Å². The lowest BCUT2D eigenvalue weighted by molar-refractivity contribution is 0.412. The van der Waals surface area contributed by atoms with Crippen LogP contribution in [0.5, 0.6) is 5.75 Å². The molecule has 0 saturated heterocycles. The van der Waals surface area contributed by atoms with Crippen LogP contribution < -0.4 is 10.1 Å². The largest absolute Gasteiger partial charge is 0.496 e. The van der Waals surface area contributed by atoms with Gasteiger partial charge in [-0.25, -0.2) is 4.98 Å². The minimum Gasteiger partial charge on any atom is -0.496 e. The fourth-order valence-corrected chi connectivity index (χ4v) is 2.63. The van der Waals surface area contributed by atoms with Crippen molar-refractivity contribution in [2.45, 2.75) is 20.0 Å². The Bertz CT molecular complexity index is 566. The van der Waals surface area contributed by atoms with Crippen molar-refractivity contribution < 1.29 is 4.74 Å². The number of aryl methyl sites for hydroxylation is 1. The molecule has 0 amide bonds. The Balaban J connectivity index is 2.25. The molecule has 0 atom stereocenters. The molecule has 1 aromatic carbocycles. The molecule has 1 heterocycles. The molecule has 5 heteroatoms. The topological polar surface area (TPSA) is 39.1 Å². The monoisotopic (exact) mass is 323 g/mol. The maximum Gasteiger partial charge on any atom is 0.133 e. The van der Waals surface area contributed by atoms with Gasteiger partial charge in [0.25, 0.3) is 0 Å². The van der Waals surface area contributed by atoms with Crippen molar-refractivity contribution in [3.8, 4) is 5.75 Å². The molecule has 102 valence electrons. The molecular formula is C14H18BrN3O. The van der Waals surface area contributed by atoms with E-state index in [0.29, 0.717) is 0 Å². The molecular weight excluding hydrogens is 306 g/mol. The number of imidazole rings is 1. The van der Waals surface area contributed by atoms with Crippen molar-refractivity contribution >= 4 is 15.9 Å². The molecule has 1 aromatic heterocycles. The van der Waals surface area contributed by atoms with Gasteiger partial charge in [0.05, 0.1) is 17.3 Å². The van der Waals surface area contributed by atoms with Gasteiger partial charge in [0, 0.05) is 19.3 Å². The lowest BCUT2D eigenvalue weighted by Gasteiger charge is -2.11. The zero-order valence-electron chi connectivity index (χ0n) is 11.4.